The van der Waals surface area contributed by atoms with Crippen molar-refractivity contribution in [3.63, 3.8) is 0 Å². The summed E-state index contributed by atoms with van der Waals surface area (Å²) in [7, 11) is 0. The van der Waals surface area contributed by atoms with Crippen LogP contribution in [0.1, 0.15) is 15.9 Å². The van der Waals surface area contributed by atoms with E-state index in [-0.39, 0.29) is 11.4 Å². The molecule has 1 aromatic carbocycles. The van der Waals surface area contributed by atoms with Crippen LogP contribution in [0.15, 0.2) is 48.7 Å². The average molecular weight is 303 g/mol. The van der Waals surface area contributed by atoms with Crippen molar-refractivity contribution in [3.8, 4) is 0 Å². The molecule has 0 aliphatic heterocycles. The van der Waals surface area contributed by atoms with E-state index in [1.54, 1.807) is 30.3 Å². The second-order valence-electron chi connectivity index (χ2n) is 4.11. The van der Waals surface area contributed by atoms with Gasteiger partial charge < -0.3 is 10.4 Å². The molecule has 21 heavy (non-hydrogen) atoms. The van der Waals surface area contributed by atoms with Gasteiger partial charge in [-0.25, -0.2) is 9.78 Å². The predicted molar refractivity (Wildman–Crippen MR) is 80.3 cm³/mol. The van der Waals surface area contributed by atoms with Gasteiger partial charge in [0.15, 0.2) is 0 Å². The summed E-state index contributed by atoms with van der Waals surface area (Å²) in [5.41, 5.74) is 0.837. The van der Waals surface area contributed by atoms with Crippen LogP contribution in [0.3, 0.4) is 0 Å². The summed E-state index contributed by atoms with van der Waals surface area (Å²) < 4.78 is 0. The number of aromatic carboxylic acids is 1. The molecule has 1 amide bonds. The molecule has 2 rings (SSSR count). The highest BCUT2D eigenvalue weighted by Crippen LogP contribution is 2.12. The molecule has 0 fully saturated rings. The zero-order valence-electron chi connectivity index (χ0n) is 10.8. The minimum Gasteiger partial charge on any atom is -0.478 e. The zero-order valence-corrected chi connectivity index (χ0v) is 11.5. The molecule has 1 heterocycles. The minimum atomic E-state index is -1.08. The third-order valence-corrected chi connectivity index (χ3v) is 2.77. The van der Waals surface area contributed by atoms with Gasteiger partial charge in [-0.15, -0.1) is 0 Å². The molecule has 0 atom stereocenters. The van der Waals surface area contributed by atoms with Gasteiger partial charge in [-0.05, 0) is 35.9 Å². The summed E-state index contributed by atoms with van der Waals surface area (Å²) in [5.74, 6) is -1.32. The van der Waals surface area contributed by atoms with Crippen LogP contribution in [0, 0.1) is 0 Å². The maximum atomic E-state index is 11.7. The fraction of sp³-hybridized carbons (Fsp3) is 0. The number of aromatic nitrogens is 1. The number of carbonyl (C=O) groups excluding carboxylic acids is 1. The lowest BCUT2D eigenvalue weighted by atomic mass is 10.2. The molecule has 0 aliphatic carbocycles. The second kappa shape index (κ2) is 6.67. The van der Waals surface area contributed by atoms with E-state index in [1.165, 1.54) is 24.4 Å². The number of carboxylic acid groups (broad SMARTS) is 1. The third kappa shape index (κ3) is 4.43. The van der Waals surface area contributed by atoms with Crippen molar-refractivity contribution in [2.75, 3.05) is 5.32 Å². The third-order valence-electron chi connectivity index (χ3n) is 2.53. The fourth-order valence-electron chi connectivity index (χ4n) is 1.58. The van der Waals surface area contributed by atoms with E-state index in [2.05, 4.69) is 10.3 Å². The standard InChI is InChI=1S/C15H11ClN2O3/c16-12-3-1-2-10(8-12)4-5-14(19)18-13-9-11(15(20)21)6-7-17-13/h1-9H,(H,20,21)(H,17,18,19). The molecule has 5 nitrogen and oxygen atoms in total. The van der Waals surface area contributed by atoms with Gasteiger partial charge in [-0.3, -0.25) is 4.79 Å². The number of benzene rings is 1. The number of carboxylic acids is 1. The summed E-state index contributed by atoms with van der Waals surface area (Å²) in [6, 6.07) is 9.67. The summed E-state index contributed by atoms with van der Waals surface area (Å²) in [6.45, 7) is 0. The first-order chi connectivity index (χ1) is 10.0. The molecule has 0 aliphatic rings. The van der Waals surface area contributed by atoms with Crippen LogP contribution in [-0.4, -0.2) is 22.0 Å². The first-order valence-electron chi connectivity index (χ1n) is 5.98. The number of amides is 1. The summed E-state index contributed by atoms with van der Waals surface area (Å²) in [6.07, 6.45) is 4.24. The van der Waals surface area contributed by atoms with E-state index < -0.39 is 11.9 Å². The van der Waals surface area contributed by atoms with E-state index >= 15 is 0 Å². The Kier molecular flexibility index (Phi) is 4.68. The number of anilines is 1. The molecule has 2 N–H and O–H groups in total. The molecule has 0 radical (unpaired) electrons. The van der Waals surface area contributed by atoms with E-state index in [4.69, 9.17) is 16.7 Å². The zero-order chi connectivity index (χ0) is 15.2. The Bertz CT molecular complexity index is 714. The summed E-state index contributed by atoms with van der Waals surface area (Å²) in [5, 5.41) is 11.9. The molecule has 0 spiro atoms. The van der Waals surface area contributed by atoms with Crippen LogP contribution >= 0.6 is 11.6 Å². The topological polar surface area (TPSA) is 79.3 Å². The Morgan fingerprint density at radius 2 is 2.05 bits per heavy atom. The Balaban J connectivity index is 2.05. The summed E-state index contributed by atoms with van der Waals surface area (Å²) >= 11 is 5.84. The van der Waals surface area contributed by atoms with Crippen molar-refractivity contribution in [1.29, 1.82) is 0 Å². The Hall–Kier alpha value is -2.66. The highest BCUT2D eigenvalue weighted by Gasteiger charge is 2.05. The number of halogens is 1. The van der Waals surface area contributed by atoms with Crippen molar-refractivity contribution < 1.29 is 14.7 Å². The van der Waals surface area contributed by atoms with Gasteiger partial charge in [-0.2, -0.15) is 0 Å². The lowest BCUT2D eigenvalue weighted by Crippen LogP contribution is -2.10. The van der Waals surface area contributed by atoms with E-state index in [0.717, 1.165) is 5.56 Å². The van der Waals surface area contributed by atoms with E-state index in [0.29, 0.717) is 5.02 Å². The largest absolute Gasteiger partial charge is 0.478 e. The molecule has 1 aromatic heterocycles. The number of pyridine rings is 1. The van der Waals surface area contributed by atoms with Crippen molar-refractivity contribution in [3.05, 3.63) is 64.8 Å². The van der Waals surface area contributed by atoms with Gasteiger partial charge in [0.1, 0.15) is 5.82 Å². The Labute approximate surface area is 125 Å². The van der Waals surface area contributed by atoms with Crippen LogP contribution in [0.2, 0.25) is 5.02 Å². The first-order valence-corrected chi connectivity index (χ1v) is 6.36. The predicted octanol–water partition coefficient (Wildman–Crippen LogP) is 3.09. The molecule has 0 bridgehead atoms. The van der Waals surface area contributed by atoms with Gasteiger partial charge >= 0.3 is 5.97 Å². The van der Waals surface area contributed by atoms with Crippen molar-refractivity contribution in [2.45, 2.75) is 0 Å². The fourth-order valence-corrected chi connectivity index (χ4v) is 1.78. The maximum Gasteiger partial charge on any atom is 0.335 e. The van der Waals surface area contributed by atoms with Gasteiger partial charge in [0.2, 0.25) is 5.91 Å². The van der Waals surface area contributed by atoms with E-state index in [1.807, 2.05) is 0 Å². The van der Waals surface area contributed by atoms with E-state index in [9.17, 15) is 9.59 Å². The lowest BCUT2D eigenvalue weighted by Gasteiger charge is -2.02. The van der Waals surface area contributed by atoms with Gasteiger partial charge in [0, 0.05) is 17.3 Å². The molecule has 6 heteroatoms. The molecule has 106 valence electrons. The number of hydrogen-bond donors (Lipinski definition) is 2. The number of rotatable bonds is 4. The van der Waals surface area contributed by atoms with Crippen LogP contribution in [0.4, 0.5) is 5.82 Å². The quantitative estimate of drug-likeness (QED) is 0.851. The van der Waals surface area contributed by atoms with Crippen LogP contribution in [-0.2, 0) is 4.79 Å². The monoisotopic (exact) mass is 302 g/mol. The van der Waals surface area contributed by atoms with Crippen LogP contribution < -0.4 is 5.32 Å². The second-order valence-corrected chi connectivity index (χ2v) is 4.55. The van der Waals surface area contributed by atoms with Crippen LogP contribution in [0.5, 0.6) is 0 Å². The number of nitrogens with one attached hydrogen (secondary N) is 1. The summed E-state index contributed by atoms with van der Waals surface area (Å²) in [4.78, 5) is 26.4. The average Bonchev–Trinajstić information content (AvgIpc) is 2.45. The lowest BCUT2D eigenvalue weighted by molar-refractivity contribution is -0.111. The first kappa shape index (κ1) is 14.7. The van der Waals surface area contributed by atoms with Gasteiger partial charge in [-0.1, -0.05) is 23.7 Å². The Morgan fingerprint density at radius 3 is 2.76 bits per heavy atom. The van der Waals surface area contributed by atoms with Crippen molar-refractivity contribution >= 4 is 35.4 Å². The Morgan fingerprint density at radius 1 is 1.24 bits per heavy atom. The van der Waals surface area contributed by atoms with Gasteiger partial charge in [0.25, 0.3) is 0 Å². The number of hydrogen-bond acceptors (Lipinski definition) is 3. The normalized spacial score (nSPS) is 10.5. The number of nitrogens with zero attached hydrogens (tertiary/aromatic N) is 1. The minimum absolute atomic E-state index is 0.0547. The number of carbonyl (C=O) groups is 2. The SMILES string of the molecule is O=C(C=Cc1cccc(Cl)c1)Nc1cc(C(=O)O)ccn1. The van der Waals surface area contributed by atoms with Crippen LogP contribution in [0.25, 0.3) is 6.08 Å². The van der Waals surface area contributed by atoms with Crippen molar-refractivity contribution in [1.82, 2.24) is 4.98 Å². The van der Waals surface area contributed by atoms with Crippen molar-refractivity contribution in [2.24, 2.45) is 0 Å². The van der Waals surface area contributed by atoms with Gasteiger partial charge in [0.05, 0.1) is 5.56 Å². The molecular weight excluding hydrogens is 292 g/mol. The smallest absolute Gasteiger partial charge is 0.335 e. The highest BCUT2D eigenvalue weighted by atomic mass is 35.5. The maximum absolute atomic E-state index is 11.7. The molecular formula is C15H11ClN2O3. The molecule has 0 unspecified atom stereocenters. The molecule has 2 aromatic rings. The molecule has 0 saturated carbocycles. The molecule has 0 saturated heterocycles. The highest BCUT2D eigenvalue weighted by molar-refractivity contribution is 6.30.